The lowest BCUT2D eigenvalue weighted by Crippen LogP contribution is -2.29. The van der Waals surface area contributed by atoms with Crippen molar-refractivity contribution in [2.24, 2.45) is 5.41 Å². The first kappa shape index (κ1) is 17.4. The summed E-state index contributed by atoms with van der Waals surface area (Å²) in [7, 11) is 0. The quantitative estimate of drug-likeness (QED) is 0.811. The van der Waals surface area contributed by atoms with Crippen molar-refractivity contribution in [2.45, 2.75) is 30.7 Å². The van der Waals surface area contributed by atoms with Crippen molar-refractivity contribution >= 4 is 29.3 Å². The minimum atomic E-state index is -4.36. The zero-order valence-corrected chi connectivity index (χ0v) is 12.1. The van der Waals surface area contributed by atoms with Crippen molar-refractivity contribution in [3.05, 3.63) is 24.3 Å². The van der Waals surface area contributed by atoms with Crippen LogP contribution in [0.4, 0.5) is 18.9 Å². The number of halogens is 3. The number of carbonyl (C=O) groups is 2. The third-order valence-electron chi connectivity index (χ3n) is 2.55. The predicted molar refractivity (Wildman–Crippen MR) is 73.0 cm³/mol. The summed E-state index contributed by atoms with van der Waals surface area (Å²) in [5, 5.41) is 11.4. The summed E-state index contributed by atoms with van der Waals surface area (Å²) in [6.45, 7) is 2.83. The number of carbonyl (C=O) groups excluding carboxylic acids is 1. The molecule has 8 heteroatoms. The fourth-order valence-corrected chi connectivity index (χ4v) is 1.96. The summed E-state index contributed by atoms with van der Waals surface area (Å²) in [6.07, 6.45) is -0.235. The molecule has 1 rings (SSSR count). The minimum Gasteiger partial charge on any atom is -0.481 e. The van der Waals surface area contributed by atoms with Gasteiger partial charge in [0, 0.05) is 17.0 Å². The van der Waals surface area contributed by atoms with Crippen LogP contribution in [0.1, 0.15) is 20.3 Å². The van der Waals surface area contributed by atoms with Gasteiger partial charge in [-0.3, -0.25) is 9.59 Å². The predicted octanol–water partition coefficient (Wildman–Crippen LogP) is 3.74. The zero-order chi connectivity index (χ0) is 16.3. The summed E-state index contributed by atoms with van der Waals surface area (Å²) >= 11 is -0.248. The van der Waals surface area contributed by atoms with E-state index in [0.29, 0.717) is 5.69 Å². The molecule has 2 N–H and O–H groups in total. The molecule has 0 radical (unpaired) electrons. The molecule has 1 amide bonds. The van der Waals surface area contributed by atoms with E-state index in [1.807, 2.05) is 0 Å². The van der Waals surface area contributed by atoms with E-state index in [4.69, 9.17) is 5.11 Å². The fourth-order valence-electron chi connectivity index (χ4n) is 1.42. The maximum Gasteiger partial charge on any atom is 0.446 e. The Hall–Kier alpha value is -1.70. The van der Waals surface area contributed by atoms with Gasteiger partial charge in [0.2, 0.25) is 5.91 Å². The Kier molecular flexibility index (Phi) is 5.27. The maximum absolute atomic E-state index is 12.2. The highest BCUT2D eigenvalue weighted by Gasteiger charge is 2.30. The largest absolute Gasteiger partial charge is 0.481 e. The van der Waals surface area contributed by atoms with Gasteiger partial charge in [0.15, 0.2) is 0 Å². The molecule has 0 unspecified atom stereocenters. The minimum absolute atomic E-state index is 0.00589. The highest BCUT2D eigenvalue weighted by Crippen LogP contribution is 2.37. The Balaban J connectivity index is 2.64. The van der Waals surface area contributed by atoms with Crippen LogP contribution in [0.5, 0.6) is 0 Å². The first-order valence-electron chi connectivity index (χ1n) is 5.89. The van der Waals surface area contributed by atoms with Crippen molar-refractivity contribution in [2.75, 3.05) is 5.32 Å². The van der Waals surface area contributed by atoms with Crippen molar-refractivity contribution in [1.29, 1.82) is 0 Å². The molecule has 0 aliphatic rings. The number of hydrogen-bond acceptors (Lipinski definition) is 3. The molecule has 0 aliphatic carbocycles. The lowest BCUT2D eigenvalue weighted by Gasteiger charge is -2.18. The molecule has 0 saturated carbocycles. The van der Waals surface area contributed by atoms with Crippen LogP contribution in [-0.4, -0.2) is 22.5 Å². The number of rotatable bonds is 5. The van der Waals surface area contributed by atoms with E-state index in [0.717, 1.165) is 0 Å². The Morgan fingerprint density at radius 3 is 2.14 bits per heavy atom. The van der Waals surface area contributed by atoms with Gasteiger partial charge in [0.25, 0.3) is 0 Å². The number of anilines is 1. The second-order valence-corrected chi connectivity index (χ2v) is 6.12. The van der Waals surface area contributed by atoms with Gasteiger partial charge in [-0.05, 0) is 49.9 Å². The highest BCUT2D eigenvalue weighted by molar-refractivity contribution is 8.00. The monoisotopic (exact) mass is 321 g/mol. The van der Waals surface area contributed by atoms with Gasteiger partial charge in [0.05, 0.1) is 5.41 Å². The number of amides is 1. The van der Waals surface area contributed by atoms with Crippen LogP contribution in [0, 0.1) is 5.41 Å². The van der Waals surface area contributed by atoms with E-state index >= 15 is 0 Å². The Morgan fingerprint density at radius 2 is 1.71 bits per heavy atom. The molecule has 1 aromatic rings. The summed E-state index contributed by atoms with van der Waals surface area (Å²) < 4.78 is 36.5. The fraction of sp³-hybridized carbons (Fsp3) is 0.385. The SMILES string of the molecule is CC(C)(CC(=O)Nc1ccc(SC(F)(F)F)cc1)C(=O)O. The van der Waals surface area contributed by atoms with Crippen LogP contribution in [-0.2, 0) is 9.59 Å². The molecular weight excluding hydrogens is 307 g/mol. The molecule has 0 bridgehead atoms. The molecule has 0 atom stereocenters. The van der Waals surface area contributed by atoms with Crippen molar-refractivity contribution in [3.63, 3.8) is 0 Å². The van der Waals surface area contributed by atoms with E-state index in [9.17, 15) is 22.8 Å². The van der Waals surface area contributed by atoms with Crippen molar-refractivity contribution in [1.82, 2.24) is 0 Å². The number of carboxylic acids is 1. The van der Waals surface area contributed by atoms with E-state index in [1.54, 1.807) is 0 Å². The molecular formula is C13H14F3NO3S. The van der Waals surface area contributed by atoms with Crippen LogP contribution in [0.15, 0.2) is 29.2 Å². The standard InChI is InChI=1S/C13H14F3NO3S/c1-12(2,11(19)20)7-10(18)17-8-3-5-9(6-4-8)21-13(14,15)16/h3-6H,7H2,1-2H3,(H,17,18)(H,19,20). The second-order valence-electron chi connectivity index (χ2n) is 4.99. The van der Waals surface area contributed by atoms with E-state index in [-0.39, 0.29) is 23.1 Å². The van der Waals surface area contributed by atoms with Gasteiger partial charge in [-0.1, -0.05) is 0 Å². The number of hydrogen-bond donors (Lipinski definition) is 2. The average molecular weight is 321 g/mol. The smallest absolute Gasteiger partial charge is 0.446 e. The number of nitrogens with one attached hydrogen (secondary N) is 1. The van der Waals surface area contributed by atoms with E-state index in [1.165, 1.54) is 38.1 Å². The molecule has 0 fully saturated rings. The number of thioether (sulfide) groups is 1. The van der Waals surface area contributed by atoms with Gasteiger partial charge in [-0.25, -0.2) is 0 Å². The van der Waals surface area contributed by atoms with Crippen LogP contribution in [0.25, 0.3) is 0 Å². The van der Waals surface area contributed by atoms with Gasteiger partial charge in [0.1, 0.15) is 0 Å². The van der Waals surface area contributed by atoms with Gasteiger partial charge in [-0.15, -0.1) is 0 Å². The topological polar surface area (TPSA) is 66.4 Å². The van der Waals surface area contributed by atoms with Crippen LogP contribution in [0.2, 0.25) is 0 Å². The molecule has 116 valence electrons. The number of aliphatic carboxylic acids is 1. The van der Waals surface area contributed by atoms with E-state index < -0.39 is 22.8 Å². The average Bonchev–Trinajstić information content (AvgIpc) is 2.28. The Bertz CT molecular complexity index is 526. The summed E-state index contributed by atoms with van der Waals surface area (Å²) in [4.78, 5) is 22.6. The molecule has 0 heterocycles. The first-order valence-corrected chi connectivity index (χ1v) is 6.70. The molecule has 21 heavy (non-hydrogen) atoms. The Morgan fingerprint density at radius 1 is 1.19 bits per heavy atom. The van der Waals surface area contributed by atoms with Gasteiger partial charge < -0.3 is 10.4 Å². The molecule has 0 saturated heterocycles. The molecule has 0 aromatic heterocycles. The molecule has 0 spiro atoms. The number of benzene rings is 1. The summed E-state index contributed by atoms with van der Waals surface area (Å²) in [5.41, 5.74) is -5.26. The third-order valence-corrected chi connectivity index (χ3v) is 3.29. The van der Waals surface area contributed by atoms with Gasteiger partial charge in [-0.2, -0.15) is 13.2 Å². The van der Waals surface area contributed by atoms with Crippen LogP contribution in [0.3, 0.4) is 0 Å². The molecule has 4 nitrogen and oxygen atoms in total. The van der Waals surface area contributed by atoms with Gasteiger partial charge >= 0.3 is 11.5 Å². The van der Waals surface area contributed by atoms with E-state index in [2.05, 4.69) is 5.32 Å². The summed E-state index contributed by atoms with van der Waals surface area (Å²) in [6, 6.07) is 5.13. The lowest BCUT2D eigenvalue weighted by atomic mass is 9.89. The van der Waals surface area contributed by atoms with Crippen LogP contribution < -0.4 is 5.32 Å². The highest BCUT2D eigenvalue weighted by atomic mass is 32.2. The number of carboxylic acid groups (broad SMARTS) is 1. The Labute approximate surface area is 123 Å². The summed E-state index contributed by atoms with van der Waals surface area (Å²) in [5.74, 6) is -1.62. The van der Waals surface area contributed by atoms with Crippen LogP contribution >= 0.6 is 11.8 Å². The number of alkyl halides is 3. The molecule has 0 aliphatic heterocycles. The lowest BCUT2D eigenvalue weighted by molar-refractivity contribution is -0.148. The maximum atomic E-state index is 12.2. The third kappa shape index (κ3) is 6.07. The second kappa shape index (κ2) is 6.38. The zero-order valence-electron chi connectivity index (χ0n) is 11.3. The van der Waals surface area contributed by atoms with Crippen molar-refractivity contribution < 1.29 is 27.9 Å². The van der Waals surface area contributed by atoms with Crippen molar-refractivity contribution in [3.8, 4) is 0 Å². The first-order chi connectivity index (χ1) is 9.49. The molecule has 1 aromatic carbocycles. The normalized spacial score (nSPS) is 12.0.